The summed E-state index contributed by atoms with van der Waals surface area (Å²) in [7, 11) is 0. The van der Waals surface area contributed by atoms with E-state index in [1.807, 2.05) is 0 Å². The van der Waals surface area contributed by atoms with Crippen molar-refractivity contribution in [3.05, 3.63) is 12.3 Å². The number of carbonyl (C=O) groups is 1. The molecule has 0 atom stereocenters. The number of hydrogen-bond donors (Lipinski definition) is 1. The lowest BCUT2D eigenvalue weighted by Gasteiger charge is -2.12. The molecule has 68 valence electrons. The Morgan fingerprint density at radius 1 is 1.58 bits per heavy atom. The van der Waals surface area contributed by atoms with Gasteiger partial charge in [-0.15, -0.1) is 0 Å². The lowest BCUT2D eigenvalue weighted by molar-refractivity contribution is 0.216. The summed E-state index contributed by atoms with van der Waals surface area (Å²) >= 11 is 0. The maximum absolute atomic E-state index is 11.1. The number of amides is 2. The van der Waals surface area contributed by atoms with Gasteiger partial charge in [0.2, 0.25) is 0 Å². The Morgan fingerprint density at radius 2 is 2.33 bits per heavy atom. The summed E-state index contributed by atoms with van der Waals surface area (Å²) < 4.78 is 0. The average Bonchev–Trinajstić information content (AvgIpc) is 2.31. The largest absolute Gasteiger partial charge is 0.321 e. The molecule has 2 amide bonds. The van der Waals surface area contributed by atoms with Crippen LogP contribution in [0.15, 0.2) is 12.3 Å². The normalized spacial score (nSPS) is 16.9. The Labute approximate surface area is 73.4 Å². The zero-order valence-electron chi connectivity index (χ0n) is 7.60. The van der Waals surface area contributed by atoms with Gasteiger partial charge in [0, 0.05) is 12.2 Å². The fourth-order valence-corrected chi connectivity index (χ4v) is 1.31. The van der Waals surface area contributed by atoms with Crippen LogP contribution in [-0.2, 0) is 0 Å². The molecule has 3 nitrogen and oxygen atoms in total. The number of unbranched alkanes of at least 4 members (excludes halogenated alkanes) is 2. The summed E-state index contributed by atoms with van der Waals surface area (Å²) in [5, 5.41) is 2.69. The van der Waals surface area contributed by atoms with Crippen molar-refractivity contribution >= 4 is 6.03 Å². The van der Waals surface area contributed by atoms with E-state index < -0.39 is 0 Å². The van der Waals surface area contributed by atoms with Crippen LogP contribution >= 0.6 is 0 Å². The van der Waals surface area contributed by atoms with Gasteiger partial charge >= 0.3 is 6.03 Å². The molecule has 1 saturated heterocycles. The molecule has 1 aliphatic rings. The number of rotatable bonds is 4. The number of carbonyl (C=O) groups excluding carboxylic acids is 1. The molecule has 3 heteroatoms. The number of hydrogen-bond acceptors (Lipinski definition) is 1. The van der Waals surface area contributed by atoms with E-state index in [0.717, 1.165) is 18.7 Å². The molecule has 0 saturated carbocycles. The standard InChI is InChI=1S/C9H16N2O/c1-3-4-5-6-11-7-8(2)10-9(11)12/h2-7H2,1H3,(H,10,12). The Kier molecular flexibility index (Phi) is 3.14. The van der Waals surface area contributed by atoms with Crippen molar-refractivity contribution in [3.63, 3.8) is 0 Å². The van der Waals surface area contributed by atoms with E-state index in [1.165, 1.54) is 12.8 Å². The first-order valence-electron chi connectivity index (χ1n) is 4.47. The predicted octanol–water partition coefficient (Wildman–Crippen LogP) is 1.72. The molecule has 1 rings (SSSR count). The number of nitrogens with one attached hydrogen (secondary N) is 1. The van der Waals surface area contributed by atoms with Crippen LogP contribution in [-0.4, -0.2) is 24.0 Å². The monoisotopic (exact) mass is 168 g/mol. The highest BCUT2D eigenvalue weighted by Gasteiger charge is 2.21. The third kappa shape index (κ3) is 2.26. The van der Waals surface area contributed by atoms with Crippen LogP contribution in [0.2, 0.25) is 0 Å². The van der Waals surface area contributed by atoms with Crippen LogP contribution in [0.1, 0.15) is 26.2 Å². The highest BCUT2D eigenvalue weighted by atomic mass is 16.2. The van der Waals surface area contributed by atoms with Gasteiger partial charge in [0.1, 0.15) is 0 Å². The fourth-order valence-electron chi connectivity index (χ4n) is 1.31. The second kappa shape index (κ2) is 4.14. The van der Waals surface area contributed by atoms with Crippen LogP contribution in [0.25, 0.3) is 0 Å². The highest BCUT2D eigenvalue weighted by Crippen LogP contribution is 2.06. The molecule has 1 fully saturated rings. The highest BCUT2D eigenvalue weighted by molar-refractivity contribution is 5.79. The van der Waals surface area contributed by atoms with Crippen molar-refractivity contribution in [2.45, 2.75) is 26.2 Å². The van der Waals surface area contributed by atoms with E-state index in [0.29, 0.717) is 6.54 Å². The van der Waals surface area contributed by atoms with Gasteiger partial charge in [0.25, 0.3) is 0 Å². The first-order chi connectivity index (χ1) is 5.74. The molecular formula is C9H16N2O. The van der Waals surface area contributed by atoms with Crippen molar-refractivity contribution in [1.82, 2.24) is 10.2 Å². The SMILES string of the molecule is C=C1CN(CCCCC)C(=O)N1. The maximum atomic E-state index is 11.1. The van der Waals surface area contributed by atoms with Crippen molar-refractivity contribution in [2.75, 3.05) is 13.1 Å². The molecule has 0 aromatic heterocycles. The summed E-state index contributed by atoms with van der Waals surface area (Å²) in [4.78, 5) is 12.9. The van der Waals surface area contributed by atoms with Gasteiger partial charge in [-0.25, -0.2) is 4.79 Å². The fraction of sp³-hybridized carbons (Fsp3) is 0.667. The Morgan fingerprint density at radius 3 is 2.83 bits per heavy atom. The summed E-state index contributed by atoms with van der Waals surface area (Å²) in [6.07, 6.45) is 3.48. The third-order valence-corrected chi connectivity index (χ3v) is 1.98. The van der Waals surface area contributed by atoms with Gasteiger partial charge in [0.05, 0.1) is 6.54 Å². The maximum Gasteiger partial charge on any atom is 0.321 e. The number of urea groups is 1. The minimum atomic E-state index is 0.0103. The third-order valence-electron chi connectivity index (χ3n) is 1.98. The molecule has 1 heterocycles. The van der Waals surface area contributed by atoms with Crippen molar-refractivity contribution < 1.29 is 4.79 Å². The zero-order chi connectivity index (χ0) is 8.97. The average molecular weight is 168 g/mol. The second-order valence-electron chi connectivity index (χ2n) is 3.16. The predicted molar refractivity (Wildman–Crippen MR) is 48.8 cm³/mol. The molecule has 0 aromatic rings. The van der Waals surface area contributed by atoms with Crippen LogP contribution in [0, 0.1) is 0 Å². The Bertz CT molecular complexity index is 189. The molecule has 0 unspecified atom stereocenters. The van der Waals surface area contributed by atoms with Gasteiger partial charge in [0.15, 0.2) is 0 Å². The molecule has 12 heavy (non-hydrogen) atoms. The molecular weight excluding hydrogens is 152 g/mol. The first-order valence-corrected chi connectivity index (χ1v) is 4.47. The van der Waals surface area contributed by atoms with Crippen LogP contribution in [0.3, 0.4) is 0 Å². The molecule has 0 aromatic carbocycles. The molecule has 0 radical (unpaired) electrons. The van der Waals surface area contributed by atoms with Crippen LogP contribution < -0.4 is 5.32 Å². The molecule has 0 spiro atoms. The smallest absolute Gasteiger partial charge is 0.319 e. The molecule has 1 aliphatic heterocycles. The van der Waals surface area contributed by atoms with Gasteiger partial charge < -0.3 is 10.2 Å². The van der Waals surface area contributed by atoms with Crippen molar-refractivity contribution in [1.29, 1.82) is 0 Å². The summed E-state index contributed by atoms with van der Waals surface area (Å²) in [5.41, 5.74) is 0.816. The summed E-state index contributed by atoms with van der Waals surface area (Å²) in [5.74, 6) is 0. The second-order valence-corrected chi connectivity index (χ2v) is 3.16. The van der Waals surface area contributed by atoms with E-state index in [-0.39, 0.29) is 6.03 Å². The minimum Gasteiger partial charge on any atom is -0.319 e. The minimum absolute atomic E-state index is 0.0103. The van der Waals surface area contributed by atoms with Crippen molar-refractivity contribution in [2.24, 2.45) is 0 Å². The molecule has 0 aliphatic carbocycles. The molecule has 1 N–H and O–H groups in total. The van der Waals surface area contributed by atoms with Crippen molar-refractivity contribution in [3.8, 4) is 0 Å². The van der Waals surface area contributed by atoms with E-state index in [4.69, 9.17) is 0 Å². The summed E-state index contributed by atoms with van der Waals surface area (Å²) in [6, 6.07) is 0.0103. The van der Waals surface area contributed by atoms with Gasteiger partial charge in [-0.05, 0) is 6.42 Å². The summed E-state index contributed by atoms with van der Waals surface area (Å²) in [6.45, 7) is 7.41. The molecule has 0 bridgehead atoms. The van der Waals surface area contributed by atoms with Crippen LogP contribution in [0.5, 0.6) is 0 Å². The van der Waals surface area contributed by atoms with E-state index in [9.17, 15) is 4.79 Å². The quantitative estimate of drug-likeness (QED) is 0.637. The lowest BCUT2D eigenvalue weighted by atomic mass is 10.2. The van der Waals surface area contributed by atoms with E-state index >= 15 is 0 Å². The Balaban J connectivity index is 2.24. The van der Waals surface area contributed by atoms with Gasteiger partial charge in [-0.1, -0.05) is 26.3 Å². The van der Waals surface area contributed by atoms with Crippen LogP contribution in [0.4, 0.5) is 4.79 Å². The van der Waals surface area contributed by atoms with Gasteiger partial charge in [-0.3, -0.25) is 0 Å². The number of nitrogens with zero attached hydrogens (tertiary/aromatic N) is 1. The van der Waals surface area contributed by atoms with Gasteiger partial charge in [-0.2, -0.15) is 0 Å². The lowest BCUT2D eigenvalue weighted by Crippen LogP contribution is -2.28. The first kappa shape index (κ1) is 9.10. The van der Waals surface area contributed by atoms with E-state index in [1.54, 1.807) is 4.90 Å². The topological polar surface area (TPSA) is 32.3 Å². The zero-order valence-corrected chi connectivity index (χ0v) is 7.60. The Hall–Kier alpha value is -0.990. The van der Waals surface area contributed by atoms with E-state index in [2.05, 4.69) is 18.8 Å².